The molecule has 2 heterocycles. The van der Waals surface area contributed by atoms with E-state index in [0.29, 0.717) is 11.8 Å². The molecule has 20 heavy (non-hydrogen) atoms. The Balaban J connectivity index is 1.72. The van der Waals surface area contributed by atoms with Crippen LogP contribution in [0.1, 0.15) is 18.4 Å². The van der Waals surface area contributed by atoms with Crippen molar-refractivity contribution in [3.63, 3.8) is 0 Å². The molecule has 1 aromatic heterocycles. The first-order valence-electron chi connectivity index (χ1n) is 6.51. The minimum Gasteiger partial charge on any atom is -0.366 e. The van der Waals surface area contributed by atoms with E-state index in [1.165, 1.54) is 0 Å². The summed E-state index contributed by atoms with van der Waals surface area (Å²) >= 11 is 5.45. The lowest BCUT2D eigenvalue weighted by Crippen LogP contribution is -2.21. The van der Waals surface area contributed by atoms with Crippen molar-refractivity contribution in [2.75, 3.05) is 18.4 Å². The van der Waals surface area contributed by atoms with Gasteiger partial charge in [0, 0.05) is 6.04 Å². The SMILES string of the molecule is FC(F)(F)c1cc(NC2CC3CNCC3C2)nnc1Cl. The number of nitrogens with zero attached hydrogens (tertiary/aromatic N) is 2. The third-order valence-corrected chi connectivity index (χ3v) is 4.34. The maximum atomic E-state index is 12.7. The maximum absolute atomic E-state index is 12.7. The van der Waals surface area contributed by atoms with Crippen molar-refractivity contribution in [1.82, 2.24) is 15.5 Å². The molecule has 1 aromatic rings. The molecule has 4 nitrogen and oxygen atoms in total. The maximum Gasteiger partial charge on any atom is 0.419 e. The van der Waals surface area contributed by atoms with E-state index >= 15 is 0 Å². The zero-order chi connectivity index (χ0) is 14.3. The van der Waals surface area contributed by atoms with Crippen molar-refractivity contribution in [2.24, 2.45) is 11.8 Å². The van der Waals surface area contributed by atoms with Gasteiger partial charge in [-0.3, -0.25) is 0 Å². The molecule has 2 unspecified atom stereocenters. The van der Waals surface area contributed by atoms with Crippen molar-refractivity contribution >= 4 is 17.4 Å². The summed E-state index contributed by atoms with van der Waals surface area (Å²) in [6, 6.07) is 1.09. The highest BCUT2D eigenvalue weighted by Gasteiger charge is 2.38. The number of fused-ring (bicyclic) bond motifs is 1. The molecule has 110 valence electrons. The molecule has 0 bridgehead atoms. The van der Waals surface area contributed by atoms with Crippen molar-refractivity contribution in [1.29, 1.82) is 0 Å². The summed E-state index contributed by atoms with van der Waals surface area (Å²) in [6.07, 6.45) is -2.62. The second-order valence-corrected chi connectivity index (χ2v) is 5.78. The molecule has 0 spiro atoms. The van der Waals surface area contributed by atoms with Crippen LogP contribution < -0.4 is 10.6 Å². The first-order valence-corrected chi connectivity index (χ1v) is 6.89. The van der Waals surface area contributed by atoms with Gasteiger partial charge in [-0.15, -0.1) is 10.2 Å². The molecule has 2 N–H and O–H groups in total. The van der Waals surface area contributed by atoms with Gasteiger partial charge in [0.25, 0.3) is 0 Å². The van der Waals surface area contributed by atoms with Crippen LogP contribution in [0.5, 0.6) is 0 Å². The van der Waals surface area contributed by atoms with Gasteiger partial charge < -0.3 is 10.6 Å². The Morgan fingerprint density at radius 2 is 1.85 bits per heavy atom. The van der Waals surface area contributed by atoms with Crippen molar-refractivity contribution in [3.05, 3.63) is 16.8 Å². The van der Waals surface area contributed by atoms with Gasteiger partial charge in [0.2, 0.25) is 0 Å². The fourth-order valence-electron chi connectivity index (χ4n) is 3.14. The second kappa shape index (κ2) is 5.04. The Kier molecular flexibility index (Phi) is 3.50. The molecular formula is C12H14ClF3N4. The zero-order valence-electron chi connectivity index (χ0n) is 10.5. The van der Waals surface area contributed by atoms with E-state index in [9.17, 15) is 13.2 Å². The Morgan fingerprint density at radius 3 is 2.45 bits per heavy atom. The third kappa shape index (κ3) is 2.69. The minimum atomic E-state index is -4.51. The molecule has 0 aromatic carbocycles. The number of hydrogen-bond acceptors (Lipinski definition) is 4. The molecule has 0 radical (unpaired) electrons. The summed E-state index contributed by atoms with van der Waals surface area (Å²) in [5.41, 5.74) is -0.948. The van der Waals surface area contributed by atoms with E-state index in [2.05, 4.69) is 20.8 Å². The Bertz CT molecular complexity index is 496. The van der Waals surface area contributed by atoms with Crippen molar-refractivity contribution in [3.8, 4) is 0 Å². The number of aromatic nitrogens is 2. The molecule has 2 atom stereocenters. The Hall–Kier alpha value is -1.08. The minimum absolute atomic E-state index is 0.139. The lowest BCUT2D eigenvalue weighted by molar-refractivity contribution is -0.137. The van der Waals surface area contributed by atoms with E-state index < -0.39 is 16.9 Å². The zero-order valence-corrected chi connectivity index (χ0v) is 11.3. The highest BCUT2D eigenvalue weighted by molar-refractivity contribution is 6.30. The van der Waals surface area contributed by atoms with Gasteiger partial charge in [-0.1, -0.05) is 11.6 Å². The van der Waals surface area contributed by atoms with Crippen molar-refractivity contribution < 1.29 is 13.2 Å². The summed E-state index contributed by atoms with van der Waals surface area (Å²) < 4.78 is 38.2. The molecule has 2 aliphatic rings. The number of halogens is 4. The van der Waals surface area contributed by atoms with Crippen LogP contribution >= 0.6 is 11.6 Å². The lowest BCUT2D eigenvalue weighted by Gasteiger charge is -2.15. The summed E-state index contributed by atoms with van der Waals surface area (Å²) in [5, 5.41) is 12.8. The van der Waals surface area contributed by atoms with Crippen LogP contribution in [0.15, 0.2) is 6.07 Å². The quantitative estimate of drug-likeness (QED) is 0.882. The molecule has 2 fully saturated rings. The van der Waals surface area contributed by atoms with Crippen molar-refractivity contribution in [2.45, 2.75) is 25.1 Å². The highest BCUT2D eigenvalue weighted by atomic mass is 35.5. The van der Waals surface area contributed by atoms with E-state index in [1.807, 2.05) is 0 Å². The summed E-state index contributed by atoms with van der Waals surface area (Å²) in [4.78, 5) is 0. The molecule has 3 rings (SSSR count). The van der Waals surface area contributed by atoms with E-state index in [-0.39, 0.29) is 11.9 Å². The number of nitrogens with one attached hydrogen (secondary N) is 2. The van der Waals surface area contributed by atoms with Gasteiger partial charge in [0.1, 0.15) is 5.82 Å². The van der Waals surface area contributed by atoms with Crippen LogP contribution in [0.2, 0.25) is 5.15 Å². The van der Waals surface area contributed by atoms with E-state index in [1.54, 1.807) is 0 Å². The average molecular weight is 307 g/mol. The lowest BCUT2D eigenvalue weighted by atomic mass is 10.0. The highest BCUT2D eigenvalue weighted by Crippen LogP contribution is 2.37. The predicted octanol–water partition coefficient (Wildman–Crippen LogP) is 2.56. The fraction of sp³-hybridized carbons (Fsp3) is 0.667. The van der Waals surface area contributed by atoms with Gasteiger partial charge in [0.15, 0.2) is 5.15 Å². The summed E-state index contributed by atoms with van der Waals surface area (Å²) in [5.74, 6) is 1.35. The number of anilines is 1. The van der Waals surface area contributed by atoms with Gasteiger partial charge in [-0.2, -0.15) is 13.2 Å². The molecule has 1 saturated carbocycles. The fourth-order valence-corrected chi connectivity index (χ4v) is 3.34. The predicted molar refractivity (Wildman–Crippen MR) is 68.5 cm³/mol. The third-order valence-electron chi connectivity index (χ3n) is 4.06. The summed E-state index contributed by atoms with van der Waals surface area (Å²) in [7, 11) is 0. The van der Waals surface area contributed by atoms with Crippen LogP contribution in [0.4, 0.5) is 19.0 Å². The van der Waals surface area contributed by atoms with E-state index in [4.69, 9.17) is 11.6 Å². The van der Waals surface area contributed by atoms with Crippen LogP contribution in [-0.2, 0) is 6.18 Å². The molecule has 8 heteroatoms. The Labute approximate surface area is 119 Å². The van der Waals surface area contributed by atoms with Crippen LogP contribution in [0.3, 0.4) is 0 Å². The normalized spacial score (nSPS) is 29.5. The van der Waals surface area contributed by atoms with Gasteiger partial charge in [-0.05, 0) is 43.8 Å². The summed E-state index contributed by atoms with van der Waals surface area (Å²) in [6.45, 7) is 1.98. The molecule has 1 saturated heterocycles. The molecule has 0 amide bonds. The average Bonchev–Trinajstić information content (AvgIpc) is 2.90. The number of hydrogen-bond donors (Lipinski definition) is 2. The van der Waals surface area contributed by atoms with Gasteiger partial charge >= 0.3 is 6.18 Å². The van der Waals surface area contributed by atoms with E-state index in [0.717, 1.165) is 32.0 Å². The largest absolute Gasteiger partial charge is 0.419 e. The van der Waals surface area contributed by atoms with Crippen LogP contribution in [0, 0.1) is 11.8 Å². The van der Waals surface area contributed by atoms with Crippen LogP contribution in [-0.4, -0.2) is 29.3 Å². The molecular weight excluding hydrogens is 293 g/mol. The monoisotopic (exact) mass is 306 g/mol. The second-order valence-electron chi connectivity index (χ2n) is 5.42. The standard InChI is InChI=1S/C12H14ClF3N4/c13-11-9(12(14,15)16)3-10(19-20-11)18-8-1-6-4-17-5-7(6)2-8/h3,6-8,17H,1-2,4-5H2,(H,18,19). The first kappa shape index (κ1) is 13.9. The first-order chi connectivity index (χ1) is 9.43. The Morgan fingerprint density at radius 1 is 1.20 bits per heavy atom. The van der Waals surface area contributed by atoms with Crippen LogP contribution in [0.25, 0.3) is 0 Å². The number of alkyl halides is 3. The molecule has 1 aliphatic carbocycles. The van der Waals surface area contributed by atoms with Gasteiger partial charge in [0.05, 0.1) is 5.56 Å². The smallest absolute Gasteiger partial charge is 0.366 e. The number of rotatable bonds is 2. The molecule has 1 aliphatic heterocycles. The topological polar surface area (TPSA) is 49.8 Å². The van der Waals surface area contributed by atoms with Gasteiger partial charge in [-0.25, -0.2) is 0 Å².